The Labute approximate surface area is 104 Å². The second kappa shape index (κ2) is 6.31. The molecule has 0 saturated carbocycles. The molecule has 16 heavy (non-hydrogen) atoms. The molecule has 1 aromatic rings. The molecule has 0 spiro atoms. The Bertz CT molecular complexity index is 324. The second-order valence-electron chi connectivity index (χ2n) is 4.50. The van der Waals surface area contributed by atoms with Crippen molar-refractivity contribution in [2.45, 2.75) is 40.2 Å². The van der Waals surface area contributed by atoms with E-state index in [0.29, 0.717) is 0 Å². The molecule has 1 nitrogen and oxygen atoms in total. The molecule has 2 heteroatoms. The van der Waals surface area contributed by atoms with E-state index in [0.717, 1.165) is 17.9 Å². The van der Waals surface area contributed by atoms with Gasteiger partial charge in [-0.15, -0.1) is 0 Å². The van der Waals surface area contributed by atoms with E-state index in [1.54, 1.807) is 0 Å². The molecule has 0 saturated heterocycles. The van der Waals surface area contributed by atoms with Crippen LogP contribution < -0.4 is 5.73 Å². The van der Waals surface area contributed by atoms with E-state index in [4.69, 9.17) is 5.73 Å². The molecule has 0 heterocycles. The van der Waals surface area contributed by atoms with Gasteiger partial charge in [-0.3, -0.25) is 0 Å². The molecule has 2 N–H and O–H groups in total. The summed E-state index contributed by atoms with van der Waals surface area (Å²) in [6.45, 7) is 8.71. The van der Waals surface area contributed by atoms with E-state index < -0.39 is 0 Å². The largest absolute Gasteiger partial charge is 0.327 e. The molecule has 0 aliphatic rings. The SMILES string of the molecule is CCSCC(N)Cc1c(C)cc(C)cc1C. The molecule has 1 unspecified atom stereocenters. The lowest BCUT2D eigenvalue weighted by molar-refractivity contribution is 0.741. The topological polar surface area (TPSA) is 26.0 Å². The Morgan fingerprint density at radius 2 is 1.75 bits per heavy atom. The molecule has 90 valence electrons. The maximum Gasteiger partial charge on any atom is 0.0171 e. The van der Waals surface area contributed by atoms with Crippen LogP contribution in [-0.2, 0) is 6.42 Å². The molecule has 0 radical (unpaired) electrons. The summed E-state index contributed by atoms with van der Waals surface area (Å²) in [6.07, 6.45) is 1.00. The maximum absolute atomic E-state index is 6.15. The smallest absolute Gasteiger partial charge is 0.0171 e. The first kappa shape index (κ1) is 13.6. The Kier molecular flexibility index (Phi) is 5.36. The fourth-order valence-corrected chi connectivity index (χ4v) is 2.78. The van der Waals surface area contributed by atoms with Crippen LogP contribution in [0.15, 0.2) is 12.1 Å². The minimum atomic E-state index is 0.282. The Morgan fingerprint density at radius 3 is 2.25 bits per heavy atom. The Hall–Kier alpha value is -0.470. The van der Waals surface area contributed by atoms with E-state index in [9.17, 15) is 0 Å². The summed E-state index contributed by atoms with van der Waals surface area (Å²) in [6, 6.07) is 4.79. The molecule has 0 aliphatic heterocycles. The minimum absolute atomic E-state index is 0.282. The van der Waals surface area contributed by atoms with E-state index in [-0.39, 0.29) is 6.04 Å². The third kappa shape index (κ3) is 3.84. The van der Waals surface area contributed by atoms with Gasteiger partial charge in [-0.05, 0) is 49.6 Å². The van der Waals surface area contributed by atoms with E-state index in [1.807, 2.05) is 11.8 Å². The summed E-state index contributed by atoms with van der Waals surface area (Å²) in [7, 11) is 0. The number of aryl methyl sites for hydroxylation is 3. The van der Waals surface area contributed by atoms with Gasteiger partial charge >= 0.3 is 0 Å². The van der Waals surface area contributed by atoms with Crippen molar-refractivity contribution in [2.75, 3.05) is 11.5 Å². The van der Waals surface area contributed by atoms with Crippen LogP contribution in [0.1, 0.15) is 29.2 Å². The number of benzene rings is 1. The minimum Gasteiger partial charge on any atom is -0.327 e. The molecule has 0 amide bonds. The van der Waals surface area contributed by atoms with Gasteiger partial charge in [-0.2, -0.15) is 11.8 Å². The number of hydrogen-bond donors (Lipinski definition) is 1. The molecule has 0 bridgehead atoms. The number of thioether (sulfide) groups is 1. The molecular weight excluding hydrogens is 214 g/mol. The Morgan fingerprint density at radius 1 is 1.19 bits per heavy atom. The number of hydrogen-bond acceptors (Lipinski definition) is 2. The highest BCUT2D eigenvalue weighted by Crippen LogP contribution is 2.18. The third-order valence-corrected chi connectivity index (χ3v) is 3.91. The first-order valence-electron chi connectivity index (χ1n) is 5.94. The van der Waals surface area contributed by atoms with Crippen molar-refractivity contribution >= 4 is 11.8 Å². The fourth-order valence-electron chi connectivity index (χ4n) is 2.12. The molecule has 1 atom stereocenters. The van der Waals surface area contributed by atoms with Gasteiger partial charge in [0, 0.05) is 11.8 Å². The van der Waals surface area contributed by atoms with Gasteiger partial charge in [0.2, 0.25) is 0 Å². The quantitative estimate of drug-likeness (QED) is 0.851. The zero-order valence-electron chi connectivity index (χ0n) is 10.8. The highest BCUT2D eigenvalue weighted by atomic mass is 32.2. The van der Waals surface area contributed by atoms with Crippen LogP contribution in [0.5, 0.6) is 0 Å². The van der Waals surface area contributed by atoms with Crippen molar-refractivity contribution in [3.05, 3.63) is 34.4 Å². The van der Waals surface area contributed by atoms with Crippen LogP contribution in [0.25, 0.3) is 0 Å². The van der Waals surface area contributed by atoms with Gasteiger partial charge in [0.05, 0.1) is 0 Å². The summed E-state index contributed by atoms with van der Waals surface area (Å²) in [5, 5.41) is 0. The summed E-state index contributed by atoms with van der Waals surface area (Å²) in [5.74, 6) is 2.21. The highest BCUT2D eigenvalue weighted by molar-refractivity contribution is 7.99. The average molecular weight is 237 g/mol. The summed E-state index contributed by atoms with van der Waals surface area (Å²) < 4.78 is 0. The summed E-state index contributed by atoms with van der Waals surface area (Å²) in [4.78, 5) is 0. The van der Waals surface area contributed by atoms with Crippen molar-refractivity contribution in [1.29, 1.82) is 0 Å². The van der Waals surface area contributed by atoms with Gasteiger partial charge < -0.3 is 5.73 Å². The molecule has 1 rings (SSSR count). The van der Waals surface area contributed by atoms with Crippen molar-refractivity contribution < 1.29 is 0 Å². The normalized spacial score (nSPS) is 12.8. The molecule has 0 aliphatic carbocycles. The average Bonchev–Trinajstić information content (AvgIpc) is 2.20. The highest BCUT2D eigenvalue weighted by Gasteiger charge is 2.09. The van der Waals surface area contributed by atoms with E-state index in [1.165, 1.54) is 22.3 Å². The van der Waals surface area contributed by atoms with Crippen LogP contribution >= 0.6 is 11.8 Å². The Balaban J connectivity index is 2.73. The predicted octanol–water partition coefficient (Wildman–Crippen LogP) is 3.23. The molecule has 0 aromatic heterocycles. The van der Waals surface area contributed by atoms with Crippen molar-refractivity contribution in [2.24, 2.45) is 5.73 Å². The van der Waals surface area contributed by atoms with Gasteiger partial charge in [0.15, 0.2) is 0 Å². The van der Waals surface area contributed by atoms with Gasteiger partial charge in [-0.1, -0.05) is 24.6 Å². The summed E-state index contributed by atoms with van der Waals surface area (Å²) >= 11 is 1.93. The molecular formula is C14H23NS. The molecule has 1 aromatic carbocycles. The zero-order valence-corrected chi connectivity index (χ0v) is 11.7. The van der Waals surface area contributed by atoms with Crippen molar-refractivity contribution in [3.63, 3.8) is 0 Å². The predicted molar refractivity (Wildman–Crippen MR) is 75.3 cm³/mol. The lowest BCUT2D eigenvalue weighted by Gasteiger charge is -2.16. The van der Waals surface area contributed by atoms with Crippen LogP contribution in [0, 0.1) is 20.8 Å². The van der Waals surface area contributed by atoms with E-state index in [2.05, 4.69) is 39.8 Å². The summed E-state index contributed by atoms with van der Waals surface area (Å²) in [5.41, 5.74) is 11.7. The number of rotatable bonds is 5. The van der Waals surface area contributed by atoms with Gasteiger partial charge in [-0.25, -0.2) is 0 Å². The van der Waals surface area contributed by atoms with Gasteiger partial charge in [0.25, 0.3) is 0 Å². The fraction of sp³-hybridized carbons (Fsp3) is 0.571. The van der Waals surface area contributed by atoms with Crippen molar-refractivity contribution in [1.82, 2.24) is 0 Å². The van der Waals surface area contributed by atoms with Gasteiger partial charge in [0.1, 0.15) is 0 Å². The van der Waals surface area contributed by atoms with Crippen LogP contribution in [0.3, 0.4) is 0 Å². The second-order valence-corrected chi connectivity index (χ2v) is 5.82. The zero-order chi connectivity index (χ0) is 12.1. The van der Waals surface area contributed by atoms with Crippen molar-refractivity contribution in [3.8, 4) is 0 Å². The monoisotopic (exact) mass is 237 g/mol. The first-order valence-corrected chi connectivity index (χ1v) is 7.10. The molecule has 0 fully saturated rings. The van der Waals surface area contributed by atoms with Crippen LogP contribution in [-0.4, -0.2) is 17.5 Å². The van der Waals surface area contributed by atoms with Crippen LogP contribution in [0.4, 0.5) is 0 Å². The maximum atomic E-state index is 6.15. The standard InChI is InChI=1S/C14H23NS/c1-5-16-9-13(15)8-14-11(3)6-10(2)7-12(14)4/h6-7,13H,5,8-9,15H2,1-4H3. The first-order chi connectivity index (χ1) is 7.54. The lowest BCUT2D eigenvalue weighted by Crippen LogP contribution is -2.26. The lowest BCUT2D eigenvalue weighted by atomic mass is 9.95. The van der Waals surface area contributed by atoms with E-state index >= 15 is 0 Å². The number of nitrogens with two attached hydrogens (primary N) is 1. The third-order valence-electron chi connectivity index (χ3n) is 2.84. The van der Waals surface area contributed by atoms with Crippen LogP contribution in [0.2, 0.25) is 0 Å².